The summed E-state index contributed by atoms with van der Waals surface area (Å²) in [6.45, 7) is 16.5. The molecule has 0 unspecified atom stereocenters. The summed E-state index contributed by atoms with van der Waals surface area (Å²) in [5.74, 6) is -3.23. The van der Waals surface area contributed by atoms with Gasteiger partial charge in [-0.15, -0.1) is 0 Å². The van der Waals surface area contributed by atoms with Crippen LogP contribution < -0.4 is 0 Å². The average Bonchev–Trinajstić information content (AvgIpc) is 3.11. The van der Waals surface area contributed by atoms with Crippen LogP contribution in [0.25, 0.3) is 0 Å². The van der Waals surface area contributed by atoms with Crippen molar-refractivity contribution in [3.63, 3.8) is 0 Å². The summed E-state index contributed by atoms with van der Waals surface area (Å²) in [5, 5.41) is 24.0. The maximum absolute atomic E-state index is 13.1. The molecule has 2 saturated carbocycles. The SMILES string of the molecule is CCCC(=O)O[C@@H]1[C@H](C(C)C)[C@@H]2[C@H]3C=C(C)[C@H](OC(C)=O)[C@H](O)[C@@H](OC(=O)CCC)[C@]3(C)C[C@H](OC(=O)CCC)[C@]2(C)[C@H]1O. The summed E-state index contributed by atoms with van der Waals surface area (Å²) >= 11 is 0. The van der Waals surface area contributed by atoms with Crippen LogP contribution in [0.2, 0.25) is 0 Å². The van der Waals surface area contributed by atoms with Gasteiger partial charge in [0, 0.05) is 42.9 Å². The molecule has 2 N–H and O–H groups in total. The van der Waals surface area contributed by atoms with E-state index in [0.717, 1.165) is 0 Å². The molecular formula is C34H54O10. The van der Waals surface area contributed by atoms with Crippen LogP contribution in [-0.4, -0.2) is 70.7 Å². The van der Waals surface area contributed by atoms with Crippen molar-refractivity contribution in [3.05, 3.63) is 11.6 Å². The number of allylic oxidation sites excluding steroid dienone is 1. The van der Waals surface area contributed by atoms with Crippen LogP contribution in [0.1, 0.15) is 107 Å². The largest absolute Gasteiger partial charge is 0.462 e. The minimum atomic E-state index is -1.40. The van der Waals surface area contributed by atoms with E-state index >= 15 is 0 Å². The van der Waals surface area contributed by atoms with Gasteiger partial charge >= 0.3 is 23.9 Å². The zero-order chi connectivity index (χ0) is 33.1. The predicted molar refractivity (Wildman–Crippen MR) is 162 cm³/mol. The Hall–Kier alpha value is -2.46. The van der Waals surface area contributed by atoms with E-state index in [2.05, 4.69) is 0 Å². The first-order valence-corrected chi connectivity index (χ1v) is 16.4. The second-order valence-electron chi connectivity index (χ2n) is 13.9. The third-order valence-corrected chi connectivity index (χ3v) is 10.3. The zero-order valence-electron chi connectivity index (χ0n) is 28.0. The second-order valence-corrected chi connectivity index (χ2v) is 13.9. The van der Waals surface area contributed by atoms with Gasteiger partial charge in [0.25, 0.3) is 0 Å². The van der Waals surface area contributed by atoms with Crippen molar-refractivity contribution >= 4 is 23.9 Å². The van der Waals surface area contributed by atoms with Gasteiger partial charge in [-0.1, -0.05) is 54.5 Å². The summed E-state index contributed by atoms with van der Waals surface area (Å²) < 4.78 is 23.9. The monoisotopic (exact) mass is 622 g/mol. The van der Waals surface area contributed by atoms with Crippen molar-refractivity contribution in [1.82, 2.24) is 0 Å². The van der Waals surface area contributed by atoms with Crippen molar-refractivity contribution in [3.8, 4) is 0 Å². The Balaban J connectivity index is 2.31. The standard InChI is InChI=1S/C34H54O10/c1-10-13-23(36)42-22-17-33(8)21(16-19(6)29(41-20(7)35)28(39)32(33)44-25(38)15-12-3)27-26(18(4)5)30(31(40)34(22,27)9)43-24(37)14-11-2/h16,18,21-22,26-32,39-40H,10-15,17H2,1-9H3/t21-,22+,26-,27+,28+,29+,30-,31+,32-,33-,34+/m1/s1. The third-order valence-electron chi connectivity index (χ3n) is 10.3. The van der Waals surface area contributed by atoms with E-state index < -0.39 is 83.2 Å². The number of esters is 4. The lowest BCUT2D eigenvalue weighted by molar-refractivity contribution is -0.220. The Morgan fingerprint density at radius 2 is 1.41 bits per heavy atom. The first kappa shape index (κ1) is 36.0. The Kier molecular flexibility index (Phi) is 11.7. The van der Waals surface area contributed by atoms with Crippen LogP contribution in [-0.2, 0) is 38.1 Å². The van der Waals surface area contributed by atoms with Crippen LogP contribution >= 0.6 is 0 Å². The molecule has 250 valence electrons. The molecule has 0 heterocycles. The van der Waals surface area contributed by atoms with E-state index in [0.29, 0.717) is 24.8 Å². The molecular weight excluding hydrogens is 568 g/mol. The summed E-state index contributed by atoms with van der Waals surface area (Å²) in [6, 6.07) is 0. The van der Waals surface area contributed by atoms with E-state index in [-0.39, 0.29) is 37.5 Å². The van der Waals surface area contributed by atoms with Crippen molar-refractivity contribution < 1.29 is 48.3 Å². The van der Waals surface area contributed by atoms with Crippen LogP contribution in [0.4, 0.5) is 0 Å². The highest BCUT2D eigenvalue weighted by molar-refractivity contribution is 5.71. The maximum Gasteiger partial charge on any atom is 0.306 e. The molecule has 44 heavy (non-hydrogen) atoms. The maximum atomic E-state index is 13.1. The molecule has 0 spiro atoms. The van der Waals surface area contributed by atoms with Crippen LogP contribution in [0.3, 0.4) is 0 Å². The third kappa shape index (κ3) is 6.71. The molecule has 0 aliphatic heterocycles. The molecule has 0 saturated heterocycles. The molecule has 10 heteroatoms. The van der Waals surface area contributed by atoms with Gasteiger partial charge < -0.3 is 29.2 Å². The lowest BCUT2D eigenvalue weighted by Crippen LogP contribution is -2.63. The van der Waals surface area contributed by atoms with Crippen molar-refractivity contribution in [2.45, 2.75) is 144 Å². The van der Waals surface area contributed by atoms with Gasteiger partial charge in [0.05, 0.1) is 0 Å². The molecule has 0 aromatic carbocycles. The number of hydrogen-bond acceptors (Lipinski definition) is 10. The molecule has 0 aromatic heterocycles. The quantitative estimate of drug-likeness (QED) is 0.189. The zero-order valence-corrected chi connectivity index (χ0v) is 28.0. The lowest BCUT2D eigenvalue weighted by Gasteiger charge is -2.58. The van der Waals surface area contributed by atoms with Crippen LogP contribution in [0, 0.1) is 34.5 Å². The molecule has 0 radical (unpaired) electrons. The first-order valence-electron chi connectivity index (χ1n) is 16.4. The van der Waals surface area contributed by atoms with E-state index in [9.17, 15) is 29.4 Å². The summed E-state index contributed by atoms with van der Waals surface area (Å²) in [6.07, 6.45) is -2.15. The molecule has 3 aliphatic carbocycles. The number of aliphatic hydroxyl groups is 2. The number of carbonyl (C=O) groups excluding carboxylic acids is 4. The number of aliphatic hydroxyl groups excluding tert-OH is 2. The normalized spacial score (nSPS) is 38.1. The Labute approximate surface area is 262 Å². The number of ether oxygens (including phenoxy) is 4. The van der Waals surface area contributed by atoms with Crippen LogP contribution in [0.5, 0.6) is 0 Å². The summed E-state index contributed by atoms with van der Waals surface area (Å²) in [4.78, 5) is 51.2. The predicted octanol–water partition coefficient (Wildman–Crippen LogP) is 4.67. The number of carbonyl (C=O) groups is 4. The molecule has 3 aliphatic rings. The Bertz CT molecular complexity index is 1100. The molecule has 10 nitrogen and oxygen atoms in total. The van der Waals surface area contributed by atoms with Gasteiger partial charge in [-0.05, 0) is 55.9 Å². The fourth-order valence-electron chi connectivity index (χ4n) is 8.27. The molecule has 0 amide bonds. The summed E-state index contributed by atoms with van der Waals surface area (Å²) in [5.41, 5.74) is -1.49. The van der Waals surface area contributed by atoms with E-state index in [4.69, 9.17) is 18.9 Å². The molecule has 0 aromatic rings. The minimum absolute atomic E-state index is 0.0718. The fraction of sp³-hybridized carbons (Fsp3) is 0.824. The average molecular weight is 623 g/mol. The first-order chi connectivity index (χ1) is 20.6. The minimum Gasteiger partial charge on any atom is -0.462 e. The van der Waals surface area contributed by atoms with Crippen molar-refractivity contribution in [2.24, 2.45) is 34.5 Å². The fourth-order valence-corrected chi connectivity index (χ4v) is 8.27. The Morgan fingerprint density at radius 1 is 0.886 bits per heavy atom. The highest BCUT2D eigenvalue weighted by atomic mass is 16.6. The smallest absolute Gasteiger partial charge is 0.306 e. The molecule has 3 rings (SSSR count). The highest BCUT2D eigenvalue weighted by Crippen LogP contribution is 2.67. The molecule has 0 bridgehead atoms. The molecule has 11 atom stereocenters. The van der Waals surface area contributed by atoms with Crippen LogP contribution in [0.15, 0.2) is 11.6 Å². The van der Waals surface area contributed by atoms with Crippen molar-refractivity contribution in [1.29, 1.82) is 0 Å². The number of fused-ring (bicyclic) bond motifs is 3. The van der Waals surface area contributed by atoms with E-state index in [1.165, 1.54) is 6.92 Å². The van der Waals surface area contributed by atoms with Gasteiger partial charge in [-0.3, -0.25) is 19.2 Å². The van der Waals surface area contributed by atoms with E-state index in [1.54, 1.807) is 6.92 Å². The Morgan fingerprint density at radius 3 is 1.91 bits per heavy atom. The number of rotatable bonds is 11. The van der Waals surface area contributed by atoms with Gasteiger partial charge in [-0.25, -0.2) is 0 Å². The topological polar surface area (TPSA) is 146 Å². The highest BCUT2D eigenvalue weighted by Gasteiger charge is 2.72. The second kappa shape index (κ2) is 14.3. The number of hydrogen-bond donors (Lipinski definition) is 2. The summed E-state index contributed by atoms with van der Waals surface area (Å²) in [7, 11) is 0. The van der Waals surface area contributed by atoms with Gasteiger partial charge in [0.2, 0.25) is 0 Å². The van der Waals surface area contributed by atoms with Gasteiger partial charge in [-0.2, -0.15) is 0 Å². The van der Waals surface area contributed by atoms with Crippen molar-refractivity contribution in [2.75, 3.05) is 0 Å². The van der Waals surface area contributed by atoms with E-state index in [1.807, 2.05) is 54.5 Å². The van der Waals surface area contributed by atoms with Gasteiger partial charge in [0.15, 0.2) is 6.10 Å². The van der Waals surface area contributed by atoms with Gasteiger partial charge in [0.1, 0.15) is 30.5 Å². The lowest BCUT2D eigenvalue weighted by atomic mass is 9.49. The molecule has 2 fully saturated rings.